The summed E-state index contributed by atoms with van der Waals surface area (Å²) in [6.07, 6.45) is 0.651. The molecule has 0 bridgehead atoms. The molecule has 9 heteroatoms. The Labute approximate surface area is 234 Å². The largest absolute Gasteiger partial charge is 0.508 e. The fraction of sp³-hybridized carbons (Fsp3) is 0.267. The van der Waals surface area contributed by atoms with Crippen LogP contribution in [0.3, 0.4) is 0 Å². The Balaban J connectivity index is 1.38. The van der Waals surface area contributed by atoms with Gasteiger partial charge >= 0.3 is 0 Å². The van der Waals surface area contributed by atoms with Gasteiger partial charge in [0.05, 0.1) is 12.6 Å². The molecule has 3 aromatic rings. The monoisotopic (exact) mass is 589 g/mol. The number of hydrogen-bond acceptors (Lipinski definition) is 5. The molecule has 2 saturated heterocycles. The van der Waals surface area contributed by atoms with Crippen LogP contribution in [0, 0.1) is 6.92 Å². The molecule has 200 valence electrons. The van der Waals surface area contributed by atoms with E-state index < -0.39 is 24.0 Å². The second kappa shape index (κ2) is 11.0. The lowest BCUT2D eigenvalue weighted by molar-refractivity contribution is -0.138. The number of nitrogens with one attached hydrogen (secondary N) is 1. The maximum Gasteiger partial charge on any atom is 0.254 e. The van der Waals surface area contributed by atoms with E-state index in [1.807, 2.05) is 19.1 Å². The Morgan fingerprint density at radius 1 is 1.00 bits per heavy atom. The summed E-state index contributed by atoms with van der Waals surface area (Å²) in [6.45, 7) is 2.15. The summed E-state index contributed by atoms with van der Waals surface area (Å²) in [4.78, 5) is 56.6. The number of benzene rings is 3. The number of aryl methyl sites for hydroxylation is 1. The molecule has 39 heavy (non-hydrogen) atoms. The molecule has 0 aliphatic carbocycles. The third-order valence-corrected chi connectivity index (χ3v) is 7.79. The number of amides is 3. The van der Waals surface area contributed by atoms with Crippen molar-refractivity contribution in [3.63, 3.8) is 0 Å². The lowest BCUT2D eigenvalue weighted by atomic mass is 10.0. The number of ketones is 1. The number of rotatable bonds is 6. The molecule has 0 spiro atoms. The quantitative estimate of drug-likeness (QED) is 0.457. The number of phenolic OH excluding ortho intramolecular Hbond substituents is 1. The molecule has 8 nitrogen and oxygen atoms in total. The van der Waals surface area contributed by atoms with Crippen LogP contribution in [0.4, 0.5) is 0 Å². The van der Waals surface area contributed by atoms with E-state index >= 15 is 0 Å². The molecule has 0 saturated carbocycles. The fourth-order valence-corrected chi connectivity index (χ4v) is 5.82. The number of nitrogens with zero attached hydrogens (tertiary/aromatic N) is 2. The molecular weight excluding hydrogens is 562 g/mol. The highest BCUT2D eigenvalue weighted by Gasteiger charge is 2.52. The van der Waals surface area contributed by atoms with Crippen LogP contribution < -0.4 is 5.32 Å². The van der Waals surface area contributed by atoms with E-state index in [-0.39, 0.29) is 36.3 Å². The zero-order valence-corrected chi connectivity index (χ0v) is 22.9. The number of aromatic hydroxyl groups is 1. The number of phenols is 1. The van der Waals surface area contributed by atoms with E-state index in [1.165, 1.54) is 17.0 Å². The first-order valence-electron chi connectivity index (χ1n) is 12.8. The van der Waals surface area contributed by atoms with Gasteiger partial charge in [0, 0.05) is 28.6 Å². The molecule has 2 heterocycles. The topological polar surface area (TPSA) is 107 Å². The summed E-state index contributed by atoms with van der Waals surface area (Å²) in [6, 6.07) is 18.4. The highest BCUT2D eigenvalue weighted by molar-refractivity contribution is 9.10. The minimum absolute atomic E-state index is 0.0566. The molecule has 0 unspecified atom stereocenters. The first kappa shape index (κ1) is 26.6. The predicted octanol–water partition coefficient (Wildman–Crippen LogP) is 3.50. The molecule has 2 N–H and O–H groups in total. The van der Waals surface area contributed by atoms with Crippen LogP contribution in [0.25, 0.3) is 0 Å². The normalized spacial score (nSPS) is 19.1. The lowest BCUT2D eigenvalue weighted by Gasteiger charge is -2.28. The summed E-state index contributed by atoms with van der Waals surface area (Å²) in [5.41, 5.74) is 2.59. The van der Waals surface area contributed by atoms with E-state index in [0.29, 0.717) is 24.1 Å². The van der Waals surface area contributed by atoms with Crippen LogP contribution in [0.15, 0.2) is 77.3 Å². The first-order valence-corrected chi connectivity index (χ1v) is 13.6. The fourth-order valence-electron chi connectivity index (χ4n) is 5.42. The highest BCUT2D eigenvalue weighted by atomic mass is 79.9. The third-order valence-electron chi connectivity index (χ3n) is 7.30. The molecule has 3 atom stereocenters. The van der Waals surface area contributed by atoms with Crippen LogP contribution >= 0.6 is 15.9 Å². The van der Waals surface area contributed by atoms with Gasteiger partial charge in [0.1, 0.15) is 17.8 Å². The number of fused-ring (bicyclic) bond motifs is 1. The number of likely N-dealkylation sites (tertiary alicyclic amines) is 2. The van der Waals surface area contributed by atoms with Gasteiger partial charge in [-0.3, -0.25) is 19.2 Å². The van der Waals surface area contributed by atoms with Crippen molar-refractivity contribution >= 4 is 39.4 Å². The Kier molecular flexibility index (Phi) is 7.52. The van der Waals surface area contributed by atoms with Crippen molar-refractivity contribution in [3.05, 3.63) is 99.5 Å². The lowest BCUT2D eigenvalue weighted by Crippen LogP contribution is -2.53. The minimum atomic E-state index is -0.950. The number of halogens is 1. The molecular formula is C30H28BrN3O5. The van der Waals surface area contributed by atoms with Crippen molar-refractivity contribution < 1.29 is 24.3 Å². The molecule has 5 rings (SSSR count). The molecule has 2 aliphatic rings. The second-order valence-electron chi connectivity index (χ2n) is 10.0. The van der Waals surface area contributed by atoms with Gasteiger partial charge in [-0.05, 0) is 61.4 Å². The van der Waals surface area contributed by atoms with Crippen LogP contribution in [-0.2, 0) is 16.0 Å². The zero-order valence-electron chi connectivity index (χ0n) is 21.3. The van der Waals surface area contributed by atoms with E-state index in [9.17, 15) is 24.3 Å². The number of Topliss-reactive ketones (excluding diaryl/α,β-unsaturated/α-hetero) is 1. The van der Waals surface area contributed by atoms with E-state index in [2.05, 4.69) is 21.2 Å². The summed E-state index contributed by atoms with van der Waals surface area (Å²) in [5.74, 6) is -1.11. The standard InChI is InChI=1S/C30H28BrN3O5/c1-18-4-2-6-21(14-18)29(38)34-17-26(36)27-25(34)12-13-33(27)30(39)24(15-19-8-10-23(35)11-9-19)32-28(37)20-5-3-7-22(31)16-20/h2-11,14,16,24-25,27,35H,12-13,15,17H2,1H3,(H,32,37)/t24-,25+,27-/m0/s1. The minimum Gasteiger partial charge on any atom is -0.508 e. The number of carbonyl (C=O) groups excluding carboxylic acids is 4. The van der Waals surface area contributed by atoms with E-state index in [0.717, 1.165) is 15.6 Å². The summed E-state index contributed by atoms with van der Waals surface area (Å²) >= 11 is 3.37. The summed E-state index contributed by atoms with van der Waals surface area (Å²) in [5, 5.41) is 12.5. The van der Waals surface area contributed by atoms with Crippen molar-refractivity contribution in [2.45, 2.75) is 37.9 Å². The molecule has 2 fully saturated rings. The van der Waals surface area contributed by atoms with Gasteiger partial charge in [0.2, 0.25) is 5.91 Å². The highest BCUT2D eigenvalue weighted by Crippen LogP contribution is 2.32. The maximum atomic E-state index is 13.9. The Morgan fingerprint density at radius 3 is 2.44 bits per heavy atom. The predicted molar refractivity (Wildman–Crippen MR) is 148 cm³/mol. The molecule has 3 amide bonds. The van der Waals surface area contributed by atoms with Crippen molar-refractivity contribution in [1.29, 1.82) is 0 Å². The Hall–Kier alpha value is -3.98. The Bertz CT molecular complexity index is 1440. The summed E-state index contributed by atoms with van der Waals surface area (Å²) in [7, 11) is 0. The maximum absolute atomic E-state index is 13.9. The smallest absolute Gasteiger partial charge is 0.254 e. The third kappa shape index (κ3) is 5.59. The average molecular weight is 590 g/mol. The number of hydrogen-bond donors (Lipinski definition) is 2. The van der Waals surface area contributed by atoms with Crippen molar-refractivity contribution in [2.24, 2.45) is 0 Å². The Morgan fingerprint density at radius 2 is 1.72 bits per heavy atom. The molecule has 0 aromatic heterocycles. The van der Waals surface area contributed by atoms with E-state index in [4.69, 9.17) is 0 Å². The van der Waals surface area contributed by atoms with Crippen LogP contribution in [-0.4, -0.2) is 69.6 Å². The van der Waals surface area contributed by atoms with Crippen LogP contribution in [0.2, 0.25) is 0 Å². The number of carbonyl (C=O) groups is 4. The van der Waals surface area contributed by atoms with Crippen LogP contribution in [0.5, 0.6) is 5.75 Å². The van der Waals surface area contributed by atoms with Gasteiger partial charge in [-0.25, -0.2) is 0 Å². The van der Waals surface area contributed by atoms with Crippen molar-refractivity contribution in [2.75, 3.05) is 13.1 Å². The average Bonchev–Trinajstić information content (AvgIpc) is 3.50. The van der Waals surface area contributed by atoms with Gasteiger partial charge in [0.15, 0.2) is 5.78 Å². The van der Waals surface area contributed by atoms with Crippen molar-refractivity contribution in [3.8, 4) is 5.75 Å². The molecule has 0 radical (unpaired) electrons. The van der Waals surface area contributed by atoms with Crippen molar-refractivity contribution in [1.82, 2.24) is 15.1 Å². The van der Waals surface area contributed by atoms with Crippen LogP contribution in [0.1, 0.15) is 38.3 Å². The SMILES string of the molecule is Cc1cccc(C(=O)N2CC(=O)[C@@H]3[C@H]2CCN3C(=O)[C@H](Cc2ccc(O)cc2)NC(=O)c2cccc(Br)c2)c1. The molecule has 2 aliphatic heterocycles. The molecule has 3 aromatic carbocycles. The van der Waals surface area contributed by atoms with Gasteiger partial charge < -0.3 is 20.2 Å². The van der Waals surface area contributed by atoms with Gasteiger partial charge in [-0.2, -0.15) is 0 Å². The first-order chi connectivity index (χ1) is 18.7. The van der Waals surface area contributed by atoms with E-state index in [1.54, 1.807) is 53.4 Å². The van der Waals surface area contributed by atoms with Gasteiger partial charge in [0.25, 0.3) is 11.8 Å². The second-order valence-corrected chi connectivity index (χ2v) is 10.9. The van der Waals surface area contributed by atoms with Gasteiger partial charge in [-0.15, -0.1) is 0 Å². The zero-order chi connectivity index (χ0) is 27.7. The van der Waals surface area contributed by atoms with Gasteiger partial charge in [-0.1, -0.05) is 51.8 Å². The summed E-state index contributed by atoms with van der Waals surface area (Å²) < 4.78 is 0.730.